The first kappa shape index (κ1) is 13.5. The van der Waals surface area contributed by atoms with Gasteiger partial charge in [0.2, 0.25) is 0 Å². The summed E-state index contributed by atoms with van der Waals surface area (Å²) in [5.41, 5.74) is 1.62. The van der Waals surface area contributed by atoms with Gasteiger partial charge in [0.05, 0.1) is 23.4 Å². The fourth-order valence-corrected chi connectivity index (χ4v) is 3.25. The Morgan fingerprint density at radius 2 is 2.27 bits per heavy atom. The van der Waals surface area contributed by atoms with Crippen molar-refractivity contribution in [2.45, 2.75) is 31.7 Å². The molecule has 112 valence electrons. The van der Waals surface area contributed by atoms with Crippen LogP contribution in [0.15, 0.2) is 45.3 Å². The highest BCUT2D eigenvalue weighted by Gasteiger charge is 2.21. The van der Waals surface area contributed by atoms with Crippen molar-refractivity contribution in [3.63, 3.8) is 0 Å². The number of rotatable bonds is 4. The van der Waals surface area contributed by atoms with Gasteiger partial charge < -0.3 is 4.52 Å². The van der Waals surface area contributed by atoms with Gasteiger partial charge in [-0.3, -0.25) is 9.36 Å². The molecule has 22 heavy (non-hydrogen) atoms. The monoisotopic (exact) mass is 313 g/mol. The highest BCUT2D eigenvalue weighted by Crippen LogP contribution is 2.34. The van der Waals surface area contributed by atoms with Crippen molar-refractivity contribution < 1.29 is 4.52 Å². The average Bonchev–Trinajstić information content (AvgIpc) is 3.10. The van der Waals surface area contributed by atoms with Crippen LogP contribution in [0.2, 0.25) is 0 Å². The molecule has 0 aromatic carbocycles. The molecule has 0 amide bonds. The van der Waals surface area contributed by atoms with Crippen LogP contribution < -0.4 is 5.56 Å². The van der Waals surface area contributed by atoms with Gasteiger partial charge >= 0.3 is 0 Å². The molecule has 3 aromatic rings. The minimum absolute atomic E-state index is 0.0300. The van der Waals surface area contributed by atoms with Crippen molar-refractivity contribution in [3.05, 3.63) is 57.7 Å². The zero-order chi connectivity index (χ0) is 14.9. The Morgan fingerprint density at radius 1 is 1.36 bits per heavy atom. The normalized spacial score (nSPS) is 14.9. The molecule has 4 rings (SSSR count). The van der Waals surface area contributed by atoms with E-state index >= 15 is 0 Å². The Kier molecular flexibility index (Phi) is 3.38. The van der Waals surface area contributed by atoms with Crippen LogP contribution in [0, 0.1) is 0 Å². The Bertz CT molecular complexity index is 831. The lowest BCUT2D eigenvalue weighted by Gasteiger charge is -2.24. The molecular formula is C16H15N3O2S. The summed E-state index contributed by atoms with van der Waals surface area (Å²) in [6.07, 6.45) is 5.14. The first-order chi connectivity index (χ1) is 10.8. The Hall–Kier alpha value is -2.21. The van der Waals surface area contributed by atoms with Crippen LogP contribution >= 0.6 is 11.3 Å². The van der Waals surface area contributed by atoms with Crippen molar-refractivity contribution in [1.29, 1.82) is 0 Å². The van der Waals surface area contributed by atoms with E-state index in [1.54, 1.807) is 28.3 Å². The molecule has 0 aliphatic heterocycles. The van der Waals surface area contributed by atoms with E-state index in [0.717, 1.165) is 34.9 Å². The topological polar surface area (TPSA) is 60.9 Å². The first-order valence-electron chi connectivity index (χ1n) is 7.35. The molecule has 0 N–H and O–H groups in total. The van der Waals surface area contributed by atoms with Gasteiger partial charge in [-0.1, -0.05) is 17.6 Å². The Balaban J connectivity index is 1.54. The molecule has 3 heterocycles. The van der Waals surface area contributed by atoms with Crippen molar-refractivity contribution in [3.8, 4) is 10.6 Å². The molecule has 1 fully saturated rings. The maximum absolute atomic E-state index is 12.2. The summed E-state index contributed by atoms with van der Waals surface area (Å²) < 4.78 is 6.90. The van der Waals surface area contributed by atoms with Crippen molar-refractivity contribution >= 4 is 11.3 Å². The predicted molar refractivity (Wildman–Crippen MR) is 84.0 cm³/mol. The second-order valence-corrected chi connectivity index (χ2v) is 6.52. The van der Waals surface area contributed by atoms with Gasteiger partial charge in [-0.15, -0.1) is 11.3 Å². The fraction of sp³-hybridized carbons (Fsp3) is 0.312. The summed E-state index contributed by atoms with van der Waals surface area (Å²) >= 11 is 1.60. The number of hydrogen-bond acceptors (Lipinski definition) is 5. The van der Waals surface area contributed by atoms with E-state index < -0.39 is 0 Å². The molecule has 0 spiro atoms. The first-order valence-corrected chi connectivity index (χ1v) is 8.23. The van der Waals surface area contributed by atoms with Gasteiger partial charge in [0.15, 0.2) is 5.76 Å². The zero-order valence-corrected chi connectivity index (χ0v) is 12.8. The van der Waals surface area contributed by atoms with Crippen LogP contribution in [0.1, 0.15) is 36.6 Å². The molecule has 1 aliphatic rings. The highest BCUT2D eigenvalue weighted by atomic mass is 32.1. The van der Waals surface area contributed by atoms with E-state index in [0.29, 0.717) is 12.5 Å². The molecule has 5 nitrogen and oxygen atoms in total. The van der Waals surface area contributed by atoms with Gasteiger partial charge in [0.25, 0.3) is 5.56 Å². The van der Waals surface area contributed by atoms with Crippen LogP contribution in [0.4, 0.5) is 0 Å². The van der Waals surface area contributed by atoms with Crippen LogP contribution in [-0.4, -0.2) is 14.7 Å². The molecule has 6 heteroatoms. The third-order valence-corrected chi connectivity index (χ3v) is 4.96. The van der Waals surface area contributed by atoms with E-state index in [1.165, 1.54) is 6.42 Å². The smallest absolute Gasteiger partial charge is 0.253 e. The second kappa shape index (κ2) is 5.53. The number of thiophene rings is 1. The van der Waals surface area contributed by atoms with E-state index in [4.69, 9.17) is 4.52 Å². The van der Waals surface area contributed by atoms with Crippen molar-refractivity contribution in [1.82, 2.24) is 14.7 Å². The third kappa shape index (κ3) is 2.50. The molecule has 0 saturated heterocycles. The van der Waals surface area contributed by atoms with Crippen LogP contribution in [0.3, 0.4) is 0 Å². The van der Waals surface area contributed by atoms with Crippen LogP contribution in [-0.2, 0) is 6.54 Å². The van der Waals surface area contributed by atoms with Crippen molar-refractivity contribution in [2.24, 2.45) is 0 Å². The van der Waals surface area contributed by atoms with E-state index in [9.17, 15) is 4.79 Å². The number of aromatic nitrogens is 3. The molecule has 0 atom stereocenters. The zero-order valence-electron chi connectivity index (χ0n) is 11.9. The standard InChI is InChI=1S/C16H15N3O2S/c20-16-8-13(11-3-1-4-11)17-10-19(16)9-12-7-14(21-18-12)15-5-2-6-22-15/h2,5-8,10-11H,1,3-4,9H2. The number of nitrogens with zero attached hydrogens (tertiary/aromatic N) is 3. The maximum atomic E-state index is 12.2. The lowest BCUT2D eigenvalue weighted by Crippen LogP contribution is -2.23. The quantitative estimate of drug-likeness (QED) is 0.741. The Morgan fingerprint density at radius 3 is 2.95 bits per heavy atom. The number of hydrogen-bond donors (Lipinski definition) is 0. The molecular weight excluding hydrogens is 298 g/mol. The summed E-state index contributed by atoms with van der Waals surface area (Å²) in [7, 11) is 0. The largest absolute Gasteiger partial charge is 0.355 e. The fourth-order valence-electron chi connectivity index (χ4n) is 2.58. The minimum Gasteiger partial charge on any atom is -0.355 e. The van der Waals surface area contributed by atoms with E-state index in [1.807, 2.05) is 23.6 Å². The summed E-state index contributed by atoms with van der Waals surface area (Å²) in [5.74, 6) is 1.21. The molecule has 0 unspecified atom stereocenters. The predicted octanol–water partition coefficient (Wildman–Crippen LogP) is 3.28. The lowest BCUT2D eigenvalue weighted by molar-refractivity contribution is 0.407. The highest BCUT2D eigenvalue weighted by molar-refractivity contribution is 7.13. The third-order valence-electron chi connectivity index (χ3n) is 4.08. The average molecular weight is 313 g/mol. The Labute approximate surface area is 131 Å². The molecule has 1 saturated carbocycles. The van der Waals surface area contributed by atoms with Gasteiger partial charge in [0.1, 0.15) is 5.69 Å². The maximum Gasteiger partial charge on any atom is 0.253 e. The second-order valence-electron chi connectivity index (χ2n) is 5.57. The van der Waals surface area contributed by atoms with Crippen molar-refractivity contribution in [2.75, 3.05) is 0 Å². The van der Waals surface area contributed by atoms with Gasteiger partial charge in [0, 0.05) is 18.1 Å². The summed E-state index contributed by atoms with van der Waals surface area (Å²) in [5, 5.41) is 6.03. The van der Waals surface area contributed by atoms with Gasteiger partial charge in [-0.2, -0.15) is 0 Å². The molecule has 0 radical (unpaired) electrons. The molecule has 1 aliphatic carbocycles. The summed E-state index contributed by atoms with van der Waals surface area (Å²) in [6.45, 7) is 0.381. The van der Waals surface area contributed by atoms with Crippen LogP contribution in [0.5, 0.6) is 0 Å². The van der Waals surface area contributed by atoms with Crippen LogP contribution in [0.25, 0.3) is 10.6 Å². The molecule has 3 aromatic heterocycles. The van der Waals surface area contributed by atoms with Gasteiger partial charge in [-0.05, 0) is 24.3 Å². The van der Waals surface area contributed by atoms with Gasteiger partial charge in [-0.25, -0.2) is 4.98 Å². The lowest BCUT2D eigenvalue weighted by atomic mass is 9.83. The summed E-state index contributed by atoms with van der Waals surface area (Å²) in [4.78, 5) is 17.6. The SMILES string of the molecule is O=c1cc(C2CCC2)ncn1Cc1cc(-c2cccs2)on1. The van der Waals surface area contributed by atoms with E-state index in [2.05, 4.69) is 10.1 Å². The molecule has 0 bridgehead atoms. The van der Waals surface area contributed by atoms with E-state index in [-0.39, 0.29) is 5.56 Å². The summed E-state index contributed by atoms with van der Waals surface area (Å²) in [6, 6.07) is 7.48. The minimum atomic E-state index is -0.0300.